The lowest BCUT2D eigenvalue weighted by atomic mass is 10.1. The molecule has 0 aromatic rings. The van der Waals surface area contributed by atoms with Gasteiger partial charge in [-0.15, -0.1) is 12.6 Å². The SMILES string of the molecule is OCCCCCCCCNC(=S)S. The molecule has 0 saturated carbocycles. The van der Waals surface area contributed by atoms with E-state index in [1.54, 1.807) is 0 Å². The molecule has 0 aliphatic heterocycles. The summed E-state index contributed by atoms with van der Waals surface area (Å²) in [6.45, 7) is 1.26. The zero-order chi connectivity index (χ0) is 9.94. The van der Waals surface area contributed by atoms with Gasteiger partial charge in [-0.1, -0.05) is 37.9 Å². The first-order valence-corrected chi connectivity index (χ1v) is 5.70. The maximum Gasteiger partial charge on any atom is 0.130 e. The van der Waals surface area contributed by atoms with Crippen molar-refractivity contribution in [3.63, 3.8) is 0 Å². The minimum absolute atomic E-state index is 0.329. The van der Waals surface area contributed by atoms with Crippen LogP contribution in [0, 0.1) is 0 Å². The number of unbranched alkanes of at least 4 members (excludes halogenated alkanes) is 5. The third kappa shape index (κ3) is 12.2. The van der Waals surface area contributed by atoms with Crippen molar-refractivity contribution in [3.05, 3.63) is 0 Å². The molecule has 0 atom stereocenters. The number of hydrogen-bond donors (Lipinski definition) is 3. The Balaban J connectivity index is 2.87. The van der Waals surface area contributed by atoms with Crippen LogP contribution in [-0.4, -0.2) is 22.6 Å². The summed E-state index contributed by atoms with van der Waals surface area (Å²) in [6.07, 6.45) is 6.95. The Morgan fingerprint density at radius 3 is 2.15 bits per heavy atom. The van der Waals surface area contributed by atoms with Crippen LogP contribution in [0.25, 0.3) is 0 Å². The molecule has 0 bridgehead atoms. The number of hydrogen-bond acceptors (Lipinski definition) is 2. The largest absolute Gasteiger partial charge is 0.396 e. The van der Waals surface area contributed by atoms with Crippen LogP contribution in [0.4, 0.5) is 0 Å². The molecule has 0 aliphatic carbocycles. The van der Waals surface area contributed by atoms with Gasteiger partial charge in [0.25, 0.3) is 0 Å². The molecular formula is C9H19NOS2. The van der Waals surface area contributed by atoms with Crippen molar-refractivity contribution in [1.82, 2.24) is 5.32 Å². The normalized spacial score (nSPS) is 10.0. The quantitative estimate of drug-likeness (QED) is 0.333. The zero-order valence-electron chi connectivity index (χ0n) is 7.96. The molecular weight excluding hydrogens is 202 g/mol. The second kappa shape index (κ2) is 10.3. The number of aliphatic hydroxyl groups is 1. The van der Waals surface area contributed by atoms with E-state index in [2.05, 4.69) is 17.9 Å². The predicted octanol–water partition coefficient (Wildman–Crippen LogP) is 2.12. The van der Waals surface area contributed by atoms with Crippen LogP contribution in [-0.2, 0) is 0 Å². The summed E-state index contributed by atoms with van der Waals surface area (Å²) in [7, 11) is 0. The summed E-state index contributed by atoms with van der Waals surface area (Å²) >= 11 is 8.72. The zero-order valence-corrected chi connectivity index (χ0v) is 9.67. The van der Waals surface area contributed by atoms with Crippen LogP contribution in [0.5, 0.6) is 0 Å². The van der Waals surface area contributed by atoms with Gasteiger partial charge in [-0.25, -0.2) is 0 Å². The molecule has 0 aliphatic rings. The van der Waals surface area contributed by atoms with Gasteiger partial charge in [0.1, 0.15) is 4.32 Å². The van der Waals surface area contributed by atoms with E-state index in [9.17, 15) is 0 Å². The van der Waals surface area contributed by atoms with E-state index < -0.39 is 0 Å². The topological polar surface area (TPSA) is 32.3 Å². The van der Waals surface area contributed by atoms with Crippen molar-refractivity contribution < 1.29 is 5.11 Å². The maximum atomic E-state index is 8.54. The lowest BCUT2D eigenvalue weighted by molar-refractivity contribution is 0.282. The molecule has 0 amide bonds. The van der Waals surface area contributed by atoms with Crippen molar-refractivity contribution in [3.8, 4) is 0 Å². The first-order valence-electron chi connectivity index (χ1n) is 4.85. The second-order valence-corrected chi connectivity index (χ2v) is 4.23. The number of thiocarbonyl (C=S) groups is 1. The van der Waals surface area contributed by atoms with E-state index in [0.29, 0.717) is 10.9 Å². The molecule has 0 spiro atoms. The van der Waals surface area contributed by atoms with Crippen LogP contribution >= 0.6 is 24.8 Å². The Bertz CT molecular complexity index is 131. The van der Waals surface area contributed by atoms with Gasteiger partial charge >= 0.3 is 0 Å². The van der Waals surface area contributed by atoms with E-state index in [1.807, 2.05) is 0 Å². The summed E-state index contributed by atoms with van der Waals surface area (Å²) in [5.41, 5.74) is 0. The van der Waals surface area contributed by atoms with Crippen molar-refractivity contribution in [2.75, 3.05) is 13.2 Å². The first kappa shape index (κ1) is 13.2. The summed E-state index contributed by atoms with van der Waals surface area (Å²) in [5.74, 6) is 0. The number of rotatable bonds is 8. The smallest absolute Gasteiger partial charge is 0.130 e. The maximum absolute atomic E-state index is 8.54. The van der Waals surface area contributed by atoms with Gasteiger partial charge in [0.15, 0.2) is 0 Å². The van der Waals surface area contributed by atoms with Crippen molar-refractivity contribution in [2.24, 2.45) is 0 Å². The molecule has 0 rings (SSSR count). The first-order chi connectivity index (χ1) is 6.27. The highest BCUT2D eigenvalue weighted by Crippen LogP contribution is 2.04. The number of nitrogens with one attached hydrogen (secondary N) is 1. The Labute approximate surface area is 91.5 Å². The molecule has 13 heavy (non-hydrogen) atoms. The van der Waals surface area contributed by atoms with Crippen molar-refractivity contribution >= 4 is 29.2 Å². The average Bonchev–Trinajstić information content (AvgIpc) is 2.09. The Hall–Kier alpha value is 0.200. The van der Waals surface area contributed by atoms with Crippen LogP contribution in [0.2, 0.25) is 0 Å². The summed E-state index contributed by atoms with van der Waals surface area (Å²) in [6, 6.07) is 0. The van der Waals surface area contributed by atoms with Crippen LogP contribution in [0.3, 0.4) is 0 Å². The second-order valence-electron chi connectivity index (χ2n) is 3.08. The highest BCUT2D eigenvalue weighted by Gasteiger charge is 1.91. The minimum Gasteiger partial charge on any atom is -0.396 e. The van der Waals surface area contributed by atoms with Crippen molar-refractivity contribution in [2.45, 2.75) is 38.5 Å². The van der Waals surface area contributed by atoms with Gasteiger partial charge in [-0.3, -0.25) is 0 Å². The van der Waals surface area contributed by atoms with Crippen LogP contribution < -0.4 is 5.32 Å². The molecule has 0 aromatic heterocycles. The van der Waals surface area contributed by atoms with Gasteiger partial charge in [0, 0.05) is 13.2 Å². The Kier molecular flexibility index (Phi) is 10.4. The third-order valence-corrected chi connectivity index (χ3v) is 2.16. The fourth-order valence-corrected chi connectivity index (χ4v) is 1.35. The van der Waals surface area contributed by atoms with Crippen LogP contribution in [0.1, 0.15) is 38.5 Å². The summed E-state index contributed by atoms with van der Waals surface area (Å²) < 4.78 is 0.584. The van der Waals surface area contributed by atoms with Crippen molar-refractivity contribution in [1.29, 1.82) is 0 Å². The fraction of sp³-hybridized carbons (Fsp3) is 0.889. The van der Waals surface area contributed by atoms with E-state index in [0.717, 1.165) is 25.8 Å². The summed E-state index contributed by atoms with van der Waals surface area (Å²) in [5, 5.41) is 11.5. The molecule has 0 aromatic carbocycles. The molecule has 0 unspecified atom stereocenters. The highest BCUT2D eigenvalue weighted by atomic mass is 32.1. The third-order valence-electron chi connectivity index (χ3n) is 1.86. The van der Waals surface area contributed by atoms with E-state index in [-0.39, 0.29) is 0 Å². The molecule has 2 N–H and O–H groups in total. The number of aliphatic hydroxyl groups excluding tert-OH is 1. The Morgan fingerprint density at radius 1 is 1.08 bits per heavy atom. The minimum atomic E-state index is 0.329. The van der Waals surface area contributed by atoms with Gasteiger partial charge in [-0.2, -0.15) is 0 Å². The molecule has 4 heteroatoms. The monoisotopic (exact) mass is 221 g/mol. The standard InChI is InChI=1S/C9H19NOS2/c11-8-6-4-2-1-3-5-7-10-9(12)13/h11H,1-8H2,(H2,10,12,13). The molecule has 0 fully saturated rings. The van der Waals surface area contributed by atoms with Gasteiger partial charge in [-0.05, 0) is 12.8 Å². The molecule has 2 nitrogen and oxygen atoms in total. The van der Waals surface area contributed by atoms with E-state index in [1.165, 1.54) is 19.3 Å². The molecule has 0 heterocycles. The lowest BCUT2D eigenvalue weighted by Crippen LogP contribution is -2.17. The molecule has 0 saturated heterocycles. The molecule has 0 radical (unpaired) electrons. The van der Waals surface area contributed by atoms with E-state index in [4.69, 9.17) is 17.3 Å². The van der Waals surface area contributed by atoms with Crippen LogP contribution in [0.15, 0.2) is 0 Å². The van der Waals surface area contributed by atoms with Gasteiger partial charge in [0.2, 0.25) is 0 Å². The Morgan fingerprint density at radius 2 is 1.62 bits per heavy atom. The lowest BCUT2D eigenvalue weighted by Gasteiger charge is -2.02. The van der Waals surface area contributed by atoms with E-state index >= 15 is 0 Å². The predicted molar refractivity (Wildman–Crippen MR) is 64.4 cm³/mol. The number of thiol groups is 1. The average molecular weight is 221 g/mol. The highest BCUT2D eigenvalue weighted by molar-refractivity contribution is 8.11. The molecule has 78 valence electrons. The van der Waals surface area contributed by atoms with Gasteiger partial charge < -0.3 is 10.4 Å². The fourth-order valence-electron chi connectivity index (χ4n) is 1.14. The summed E-state index contributed by atoms with van der Waals surface area (Å²) in [4.78, 5) is 0. The van der Waals surface area contributed by atoms with Gasteiger partial charge in [0.05, 0.1) is 0 Å².